The Bertz CT molecular complexity index is 3180. The second-order valence-electron chi connectivity index (χ2n) is 21.1. The maximum atomic E-state index is 14.4. The fourth-order valence-electron chi connectivity index (χ4n) is 9.78. The molecular formula is C54H66ClN13O9S3. The van der Waals surface area contributed by atoms with Gasteiger partial charge in [0.1, 0.15) is 47.3 Å². The molecule has 5 aromatic rings. The molecule has 22 nitrogen and oxygen atoms in total. The minimum absolute atomic E-state index is 0.00337. The van der Waals surface area contributed by atoms with Crippen LogP contribution in [0.4, 0.5) is 0 Å². The van der Waals surface area contributed by atoms with Crippen LogP contribution in [-0.2, 0) is 33.6 Å². The summed E-state index contributed by atoms with van der Waals surface area (Å²) in [4.78, 5) is 111. The minimum atomic E-state index is -1.47. The molecule has 2 aromatic carbocycles. The van der Waals surface area contributed by atoms with Gasteiger partial charge in [-0.2, -0.15) is 11.8 Å². The summed E-state index contributed by atoms with van der Waals surface area (Å²) in [5.41, 5.74) is 11.9. The number of aliphatic hydroxyl groups is 2. The fourth-order valence-corrected chi connectivity index (χ4v) is 12.8. The first-order chi connectivity index (χ1) is 38.0. The summed E-state index contributed by atoms with van der Waals surface area (Å²) in [7, 11) is 0. The van der Waals surface area contributed by atoms with Gasteiger partial charge in [0, 0.05) is 59.3 Å². The standard InChI is InChI=1S/C54H66ClN13O9S3/c1-26-28(3)80-53-42(26)43(30-12-14-33(55)15-13-30)61-36(48-66-65-29(4)68(48)53)21-40(71)58-22-37-49(74)62-35(47(56)73)17-19-78-24-41(72)63-46(54(5,6)7)52(77)67-23-34(69)20-38(67)50(75)64-44(51(76)57-18-16-39(70)60-37)31-8-10-32(11-9-31)45-27(2)59-25-79-45/h8-15,25,34-38,41,44,46,63,69,72H,16-24H2,1-7H3,(H2,56,73)(H,57,76)(H,58,71)(H,60,70)(H,62,74)(H,64,75)/t34-,35-,36+,37-,38+,41?,44-,46-/m1/s1. The fraction of sp³-hybridized carbons (Fsp3) is 0.463. The van der Waals surface area contributed by atoms with Crippen LogP contribution in [0.5, 0.6) is 0 Å². The molecule has 10 N–H and O–H groups in total. The van der Waals surface area contributed by atoms with Crippen molar-refractivity contribution in [3.05, 3.63) is 104 Å². The van der Waals surface area contributed by atoms with E-state index in [0.717, 1.165) is 42.7 Å². The van der Waals surface area contributed by atoms with E-state index in [0.29, 0.717) is 27.9 Å². The zero-order chi connectivity index (χ0) is 57.7. The van der Waals surface area contributed by atoms with Gasteiger partial charge < -0.3 is 47.4 Å². The van der Waals surface area contributed by atoms with Crippen LogP contribution < -0.4 is 37.6 Å². The highest BCUT2D eigenvalue weighted by atomic mass is 35.5. The van der Waals surface area contributed by atoms with Crippen molar-refractivity contribution in [2.24, 2.45) is 16.1 Å². The summed E-state index contributed by atoms with van der Waals surface area (Å²) in [6.45, 7) is 12.1. The molecule has 8 atom stereocenters. The number of halogens is 1. The van der Waals surface area contributed by atoms with Gasteiger partial charge in [-0.05, 0) is 74.1 Å². The van der Waals surface area contributed by atoms with E-state index >= 15 is 0 Å². The molecule has 0 saturated carbocycles. The molecule has 2 fully saturated rings. The number of aromatic nitrogens is 4. The average Bonchev–Trinajstić information content (AvgIpc) is 4.30. The molecule has 8 rings (SSSR count). The van der Waals surface area contributed by atoms with E-state index in [1.165, 1.54) is 28.0 Å². The lowest BCUT2D eigenvalue weighted by Gasteiger charge is -2.37. The molecule has 426 valence electrons. The third-order valence-corrected chi connectivity index (χ3v) is 17.7. The Hall–Kier alpha value is -6.61. The molecular weight excluding hydrogens is 1110 g/mol. The first-order valence-corrected chi connectivity index (χ1v) is 29.3. The molecule has 3 aliphatic heterocycles. The second-order valence-corrected chi connectivity index (χ2v) is 24.8. The van der Waals surface area contributed by atoms with Crippen molar-refractivity contribution in [3.8, 4) is 15.4 Å². The predicted molar refractivity (Wildman–Crippen MR) is 305 cm³/mol. The molecule has 1 unspecified atom stereocenters. The third kappa shape index (κ3) is 13.8. The molecule has 7 amide bonds. The normalized spacial score (nSPS) is 24.0. The maximum Gasteiger partial charge on any atom is 0.247 e. The van der Waals surface area contributed by atoms with Gasteiger partial charge in [0.15, 0.2) is 5.82 Å². The molecule has 0 radical (unpaired) electrons. The highest BCUT2D eigenvalue weighted by molar-refractivity contribution is 7.99. The number of hydrogen-bond donors (Lipinski definition) is 9. The van der Waals surface area contributed by atoms with Gasteiger partial charge in [-0.15, -0.1) is 32.9 Å². The number of hydrogen-bond acceptors (Lipinski definition) is 17. The number of benzene rings is 2. The summed E-state index contributed by atoms with van der Waals surface area (Å²) in [6.07, 6.45) is -3.12. The summed E-state index contributed by atoms with van der Waals surface area (Å²) in [6, 6.07) is 6.94. The number of carbonyl (C=O) groups is 7. The SMILES string of the molecule is Cc1ncsc1-c1ccc([C@H]2NC(=O)[C@@H]3C[C@@H](O)CN3C(=O)[C@H](C(C)(C)C)NC(O)CSCC[C@H](C(N)=O)NC(=O)[C@@H](CNC(=O)C[C@@H]3N=C(c4ccc(Cl)cc4)c4c(sc(C)c4C)-n4c(C)nnc43)NC(=O)CCNC2=O)cc1. The Morgan fingerprint density at radius 3 is 2.30 bits per heavy atom. The number of rotatable bonds is 8. The number of aliphatic imine (C=N–C) groups is 1. The highest BCUT2D eigenvalue weighted by Crippen LogP contribution is 2.40. The lowest BCUT2D eigenvalue weighted by molar-refractivity contribution is -0.143. The Labute approximate surface area is 479 Å². The van der Waals surface area contributed by atoms with Crippen LogP contribution in [0.15, 0.2) is 59.0 Å². The topological polar surface area (TPSA) is 317 Å². The molecule has 0 bridgehead atoms. The summed E-state index contributed by atoms with van der Waals surface area (Å²) in [5.74, 6) is -3.80. The maximum absolute atomic E-state index is 14.4. The van der Waals surface area contributed by atoms with Crippen molar-refractivity contribution in [1.82, 2.24) is 56.5 Å². The lowest BCUT2D eigenvalue weighted by Crippen LogP contribution is -2.59. The molecule has 3 aliphatic rings. The van der Waals surface area contributed by atoms with E-state index in [4.69, 9.17) is 22.3 Å². The van der Waals surface area contributed by atoms with Gasteiger partial charge in [0.2, 0.25) is 41.4 Å². The number of fused-ring (bicyclic) bond motifs is 4. The molecule has 3 aromatic heterocycles. The first kappa shape index (κ1) is 59.5. The van der Waals surface area contributed by atoms with Gasteiger partial charge in [-0.25, -0.2) is 4.98 Å². The first-order valence-electron chi connectivity index (χ1n) is 26.1. The van der Waals surface area contributed by atoms with E-state index in [1.807, 2.05) is 44.4 Å². The van der Waals surface area contributed by atoms with E-state index in [1.54, 1.807) is 74.0 Å². The smallest absolute Gasteiger partial charge is 0.247 e. The van der Waals surface area contributed by atoms with Gasteiger partial charge in [0.05, 0.1) is 40.4 Å². The van der Waals surface area contributed by atoms with E-state index < -0.39 is 102 Å². The number of aryl methyl sites for hydroxylation is 3. The Balaban J connectivity index is 1.05. The number of nitrogens with zero attached hydrogens (tertiary/aromatic N) is 6. The number of nitrogens with one attached hydrogen (secondary N) is 6. The Morgan fingerprint density at radius 2 is 1.62 bits per heavy atom. The van der Waals surface area contributed by atoms with Gasteiger partial charge >= 0.3 is 0 Å². The molecule has 6 heterocycles. The number of aliphatic hydroxyl groups excluding tert-OH is 2. The number of nitrogens with two attached hydrogens (primary N) is 1. The summed E-state index contributed by atoms with van der Waals surface area (Å²) >= 11 is 10.5. The van der Waals surface area contributed by atoms with Crippen LogP contribution in [0.1, 0.15) is 103 Å². The zero-order valence-electron chi connectivity index (χ0n) is 45.3. The number of thioether (sulfide) groups is 1. The van der Waals surface area contributed by atoms with Crippen LogP contribution in [-0.4, -0.2) is 150 Å². The van der Waals surface area contributed by atoms with Crippen molar-refractivity contribution < 1.29 is 43.8 Å². The monoisotopic (exact) mass is 1170 g/mol. The van der Waals surface area contributed by atoms with Gasteiger partial charge in [-0.3, -0.25) is 48.4 Å². The van der Waals surface area contributed by atoms with Gasteiger partial charge in [0.25, 0.3) is 0 Å². The summed E-state index contributed by atoms with van der Waals surface area (Å²) < 4.78 is 1.89. The van der Waals surface area contributed by atoms with Crippen molar-refractivity contribution in [2.45, 2.75) is 123 Å². The van der Waals surface area contributed by atoms with E-state index in [-0.39, 0.29) is 50.3 Å². The number of amides is 7. The van der Waals surface area contributed by atoms with Crippen LogP contribution in [0.25, 0.3) is 15.4 Å². The largest absolute Gasteiger partial charge is 0.391 e. The second kappa shape index (κ2) is 25.5. The molecule has 2 saturated heterocycles. The van der Waals surface area contributed by atoms with Crippen LogP contribution in [0, 0.1) is 33.1 Å². The number of thiophene rings is 1. The van der Waals surface area contributed by atoms with Crippen LogP contribution in [0.2, 0.25) is 5.02 Å². The summed E-state index contributed by atoms with van der Waals surface area (Å²) in [5, 5.41) is 48.9. The Morgan fingerprint density at radius 1 is 0.912 bits per heavy atom. The number of thiazole rings is 1. The highest BCUT2D eigenvalue weighted by Gasteiger charge is 2.45. The van der Waals surface area contributed by atoms with Crippen molar-refractivity contribution in [3.63, 3.8) is 0 Å². The van der Waals surface area contributed by atoms with E-state index in [2.05, 4.69) is 47.1 Å². The lowest BCUT2D eigenvalue weighted by atomic mass is 9.85. The number of carbonyl (C=O) groups excluding carboxylic acids is 7. The van der Waals surface area contributed by atoms with E-state index in [9.17, 15) is 43.8 Å². The molecule has 0 spiro atoms. The predicted octanol–water partition coefficient (Wildman–Crippen LogP) is 2.98. The number of primary amides is 1. The zero-order valence-corrected chi connectivity index (χ0v) is 48.5. The Kier molecular flexibility index (Phi) is 18.9. The van der Waals surface area contributed by atoms with Gasteiger partial charge in [-0.1, -0.05) is 68.8 Å². The molecule has 80 heavy (non-hydrogen) atoms. The molecule has 26 heteroatoms. The molecule has 0 aliphatic carbocycles. The van der Waals surface area contributed by atoms with Crippen molar-refractivity contribution >= 4 is 93.1 Å². The average molecular weight is 1170 g/mol. The van der Waals surface area contributed by atoms with Crippen LogP contribution in [0.3, 0.4) is 0 Å². The quantitative estimate of drug-likeness (QED) is 0.108. The third-order valence-electron chi connectivity index (χ3n) is 14.2. The van der Waals surface area contributed by atoms with Crippen LogP contribution >= 0.6 is 46.0 Å². The minimum Gasteiger partial charge on any atom is -0.391 e. The van der Waals surface area contributed by atoms with Crippen molar-refractivity contribution in [1.29, 1.82) is 0 Å². The van der Waals surface area contributed by atoms with Crippen molar-refractivity contribution in [2.75, 3.05) is 31.1 Å².